The van der Waals surface area contributed by atoms with Gasteiger partial charge in [0.2, 0.25) is 11.0 Å². The third-order valence-electron chi connectivity index (χ3n) is 3.80. The van der Waals surface area contributed by atoms with Gasteiger partial charge < -0.3 is 16.4 Å². The summed E-state index contributed by atoms with van der Waals surface area (Å²) in [6.07, 6.45) is 3.57. The summed E-state index contributed by atoms with van der Waals surface area (Å²) < 4.78 is 0.952. The third kappa shape index (κ3) is 3.24. The lowest BCUT2D eigenvalue weighted by Crippen LogP contribution is -2.54. The van der Waals surface area contributed by atoms with Crippen LogP contribution in [-0.2, 0) is 4.79 Å². The molecule has 4 N–H and O–H groups in total. The summed E-state index contributed by atoms with van der Waals surface area (Å²) in [7, 11) is 3.90. The minimum Gasteiger partial charge on any atom is -0.368 e. The predicted molar refractivity (Wildman–Crippen MR) is 83.0 cm³/mol. The van der Waals surface area contributed by atoms with Gasteiger partial charge in [0.1, 0.15) is 0 Å². The molecule has 2 unspecified atom stereocenters. The summed E-state index contributed by atoms with van der Waals surface area (Å²) in [6, 6.07) is 0. The second-order valence-corrected chi connectivity index (χ2v) is 7.67. The fourth-order valence-corrected chi connectivity index (χ4v) is 4.45. The molecule has 0 saturated heterocycles. The average molecular weight is 315 g/mol. The standard InChI is InChI=1S/C12H21N5OS2/c1-17(2)10-15-16-11(20-10)19-7-5-8-4-3-6-12(8,14)9(13)18/h8H,3-7,14H2,1-2H3,(H2,13,18). The van der Waals surface area contributed by atoms with Gasteiger partial charge in [0.15, 0.2) is 4.34 Å². The first-order valence-corrected chi connectivity index (χ1v) is 8.46. The molecular weight excluding hydrogens is 294 g/mol. The van der Waals surface area contributed by atoms with E-state index in [9.17, 15) is 4.79 Å². The maximum atomic E-state index is 11.5. The van der Waals surface area contributed by atoms with Crippen molar-refractivity contribution in [1.82, 2.24) is 10.2 Å². The van der Waals surface area contributed by atoms with E-state index >= 15 is 0 Å². The molecule has 0 spiro atoms. The lowest BCUT2D eigenvalue weighted by atomic mass is 9.85. The molecule has 1 aromatic heterocycles. The van der Waals surface area contributed by atoms with Crippen LogP contribution in [0, 0.1) is 5.92 Å². The van der Waals surface area contributed by atoms with Gasteiger partial charge in [-0.25, -0.2) is 0 Å². The average Bonchev–Trinajstić information content (AvgIpc) is 2.98. The Morgan fingerprint density at radius 3 is 2.90 bits per heavy atom. The second-order valence-electron chi connectivity index (χ2n) is 5.38. The zero-order valence-corrected chi connectivity index (χ0v) is 13.5. The molecule has 0 bridgehead atoms. The maximum absolute atomic E-state index is 11.5. The number of aromatic nitrogens is 2. The molecule has 8 heteroatoms. The first-order chi connectivity index (χ1) is 9.43. The van der Waals surface area contributed by atoms with Gasteiger partial charge in [-0.1, -0.05) is 29.5 Å². The van der Waals surface area contributed by atoms with E-state index in [4.69, 9.17) is 11.5 Å². The molecule has 112 valence electrons. The number of amides is 1. The molecule has 20 heavy (non-hydrogen) atoms. The van der Waals surface area contributed by atoms with Crippen molar-refractivity contribution < 1.29 is 4.79 Å². The van der Waals surface area contributed by atoms with E-state index < -0.39 is 5.54 Å². The highest BCUT2D eigenvalue weighted by molar-refractivity contribution is 8.01. The molecule has 2 rings (SSSR count). The summed E-state index contributed by atoms with van der Waals surface area (Å²) in [5, 5.41) is 9.14. The van der Waals surface area contributed by atoms with Crippen LogP contribution in [0.1, 0.15) is 25.7 Å². The van der Waals surface area contributed by atoms with Gasteiger partial charge in [-0.05, 0) is 25.2 Å². The predicted octanol–water partition coefficient (Wildman–Crippen LogP) is 1.07. The first-order valence-electron chi connectivity index (χ1n) is 6.66. The number of nitrogens with two attached hydrogens (primary N) is 2. The van der Waals surface area contributed by atoms with Crippen molar-refractivity contribution in [3.8, 4) is 0 Å². The van der Waals surface area contributed by atoms with Crippen molar-refractivity contribution in [3.63, 3.8) is 0 Å². The number of carbonyl (C=O) groups is 1. The van der Waals surface area contributed by atoms with Crippen molar-refractivity contribution in [3.05, 3.63) is 0 Å². The van der Waals surface area contributed by atoms with E-state index in [0.29, 0.717) is 6.42 Å². The maximum Gasteiger partial charge on any atom is 0.237 e. The van der Waals surface area contributed by atoms with E-state index in [1.807, 2.05) is 19.0 Å². The van der Waals surface area contributed by atoms with Crippen molar-refractivity contribution in [2.75, 3.05) is 24.7 Å². The van der Waals surface area contributed by atoms with Gasteiger partial charge in [0.05, 0.1) is 5.54 Å². The summed E-state index contributed by atoms with van der Waals surface area (Å²) in [4.78, 5) is 13.5. The number of anilines is 1. The molecule has 1 saturated carbocycles. The molecule has 2 atom stereocenters. The first kappa shape index (κ1) is 15.5. The fourth-order valence-electron chi connectivity index (χ4n) is 2.56. The number of primary amides is 1. The quantitative estimate of drug-likeness (QED) is 0.762. The SMILES string of the molecule is CN(C)c1nnc(SCCC2CCCC2(N)C(N)=O)s1. The van der Waals surface area contributed by atoms with Crippen LogP contribution < -0.4 is 16.4 Å². The Morgan fingerprint density at radius 1 is 1.55 bits per heavy atom. The topological polar surface area (TPSA) is 98.1 Å². The van der Waals surface area contributed by atoms with Crippen molar-refractivity contribution in [2.45, 2.75) is 35.6 Å². The monoisotopic (exact) mass is 315 g/mol. The second kappa shape index (κ2) is 6.28. The van der Waals surface area contributed by atoms with E-state index in [1.165, 1.54) is 0 Å². The highest BCUT2D eigenvalue weighted by Crippen LogP contribution is 2.37. The van der Waals surface area contributed by atoms with Crippen LogP contribution in [0.4, 0.5) is 5.13 Å². The van der Waals surface area contributed by atoms with E-state index in [0.717, 1.165) is 34.5 Å². The van der Waals surface area contributed by atoms with Gasteiger partial charge in [-0.3, -0.25) is 4.79 Å². The molecule has 6 nitrogen and oxygen atoms in total. The molecule has 1 aliphatic rings. The molecule has 1 aromatic rings. The van der Waals surface area contributed by atoms with Crippen LogP contribution in [-0.4, -0.2) is 41.5 Å². The summed E-state index contributed by atoms with van der Waals surface area (Å²) >= 11 is 3.24. The molecule has 0 radical (unpaired) electrons. The van der Waals surface area contributed by atoms with E-state index in [-0.39, 0.29) is 11.8 Å². The molecule has 1 heterocycles. The van der Waals surface area contributed by atoms with Gasteiger partial charge >= 0.3 is 0 Å². The number of thioether (sulfide) groups is 1. The largest absolute Gasteiger partial charge is 0.368 e. The Labute approximate surface area is 127 Å². The molecular formula is C12H21N5OS2. The number of hydrogen-bond acceptors (Lipinski definition) is 7. The Balaban J connectivity index is 1.85. The zero-order chi connectivity index (χ0) is 14.8. The summed E-state index contributed by atoms with van der Waals surface area (Å²) in [6.45, 7) is 0. The van der Waals surface area contributed by atoms with E-state index in [2.05, 4.69) is 10.2 Å². The fraction of sp³-hybridized carbons (Fsp3) is 0.750. The molecule has 0 aromatic carbocycles. The third-order valence-corrected chi connectivity index (χ3v) is 6.06. The Kier molecular flexibility index (Phi) is 4.87. The molecule has 1 aliphatic carbocycles. The Morgan fingerprint density at radius 2 is 2.30 bits per heavy atom. The normalized spacial score (nSPS) is 25.9. The molecule has 1 fully saturated rings. The van der Waals surface area contributed by atoms with Gasteiger partial charge in [0.25, 0.3) is 0 Å². The minimum atomic E-state index is -0.809. The number of nitrogens with zero attached hydrogens (tertiary/aromatic N) is 3. The highest BCUT2D eigenvalue weighted by Gasteiger charge is 2.43. The molecule has 0 aliphatic heterocycles. The number of rotatable bonds is 6. The van der Waals surface area contributed by atoms with Crippen LogP contribution in [0.2, 0.25) is 0 Å². The van der Waals surface area contributed by atoms with Crippen LogP contribution in [0.15, 0.2) is 4.34 Å². The summed E-state index contributed by atoms with van der Waals surface area (Å²) in [5.74, 6) is 0.712. The van der Waals surface area contributed by atoms with E-state index in [1.54, 1.807) is 23.1 Å². The van der Waals surface area contributed by atoms with Gasteiger partial charge in [-0.15, -0.1) is 10.2 Å². The Hall–Kier alpha value is -0.860. The van der Waals surface area contributed by atoms with Crippen LogP contribution in [0.5, 0.6) is 0 Å². The number of carbonyl (C=O) groups excluding carboxylic acids is 1. The minimum absolute atomic E-state index is 0.189. The van der Waals surface area contributed by atoms with Gasteiger partial charge in [0, 0.05) is 19.8 Å². The Bertz CT molecular complexity index is 478. The highest BCUT2D eigenvalue weighted by atomic mass is 32.2. The van der Waals surface area contributed by atoms with Crippen LogP contribution in [0.3, 0.4) is 0 Å². The lowest BCUT2D eigenvalue weighted by Gasteiger charge is -2.27. The van der Waals surface area contributed by atoms with Crippen LogP contribution in [0.25, 0.3) is 0 Å². The van der Waals surface area contributed by atoms with Crippen molar-refractivity contribution in [1.29, 1.82) is 0 Å². The van der Waals surface area contributed by atoms with Crippen LogP contribution >= 0.6 is 23.1 Å². The lowest BCUT2D eigenvalue weighted by molar-refractivity contribution is -0.124. The zero-order valence-electron chi connectivity index (χ0n) is 11.8. The van der Waals surface area contributed by atoms with Crippen molar-refractivity contribution in [2.24, 2.45) is 17.4 Å². The van der Waals surface area contributed by atoms with Gasteiger partial charge in [-0.2, -0.15) is 0 Å². The summed E-state index contributed by atoms with van der Waals surface area (Å²) in [5.41, 5.74) is 10.8. The number of hydrogen-bond donors (Lipinski definition) is 2. The van der Waals surface area contributed by atoms with Crippen molar-refractivity contribution >= 4 is 34.1 Å². The molecule has 1 amide bonds. The smallest absolute Gasteiger partial charge is 0.237 e.